The van der Waals surface area contributed by atoms with Gasteiger partial charge in [-0.3, -0.25) is 0 Å². The van der Waals surface area contributed by atoms with Gasteiger partial charge in [0.25, 0.3) is 0 Å². The Balaban J connectivity index is 1.32. The van der Waals surface area contributed by atoms with E-state index in [1.54, 1.807) is 6.07 Å². The van der Waals surface area contributed by atoms with E-state index in [1.165, 1.54) is 10.8 Å². The van der Waals surface area contributed by atoms with Gasteiger partial charge in [-0.05, 0) is 65.2 Å². The van der Waals surface area contributed by atoms with Crippen LogP contribution < -0.4 is 0 Å². The summed E-state index contributed by atoms with van der Waals surface area (Å²) in [4.78, 5) is 0. The normalized spacial score (nSPS) is 11.3. The van der Waals surface area contributed by atoms with Crippen LogP contribution in [0.5, 0.6) is 0 Å². The van der Waals surface area contributed by atoms with Crippen LogP contribution >= 0.6 is 0 Å². The molecule has 0 aliphatic heterocycles. The number of hydrogen-bond donors (Lipinski definition) is 0. The monoisotopic (exact) mass is 610 g/mol. The van der Waals surface area contributed by atoms with Crippen molar-refractivity contribution in [2.45, 2.75) is 0 Å². The highest BCUT2D eigenvalue weighted by Crippen LogP contribution is 2.42. The quantitative estimate of drug-likeness (QED) is 0.199. The third kappa shape index (κ3) is 4.07. The van der Waals surface area contributed by atoms with E-state index in [1.807, 2.05) is 42.5 Å². The van der Waals surface area contributed by atoms with Crippen LogP contribution in [0.4, 0.5) is 0 Å². The summed E-state index contributed by atoms with van der Waals surface area (Å²) in [5.74, 6) is 0. The predicted molar refractivity (Wildman–Crippen MR) is 195 cm³/mol. The van der Waals surface area contributed by atoms with E-state index >= 15 is 0 Å². The Morgan fingerprint density at radius 3 is 1.46 bits per heavy atom. The highest BCUT2D eigenvalue weighted by molar-refractivity contribution is 6.11. The molecule has 0 bridgehead atoms. The number of nitriles is 2. The fraction of sp³-hybridized carbons (Fsp3) is 0. The largest absolute Gasteiger partial charge is 0.309 e. The van der Waals surface area contributed by atoms with Crippen molar-refractivity contribution in [3.05, 3.63) is 169 Å². The molecule has 4 heteroatoms. The summed E-state index contributed by atoms with van der Waals surface area (Å²) in [5.41, 5.74) is 10.8. The minimum Gasteiger partial charge on any atom is -0.309 e. The van der Waals surface area contributed by atoms with Gasteiger partial charge in [0.15, 0.2) is 0 Å². The number of para-hydroxylation sites is 4. The van der Waals surface area contributed by atoms with Crippen molar-refractivity contribution in [2.24, 2.45) is 0 Å². The van der Waals surface area contributed by atoms with E-state index in [9.17, 15) is 10.5 Å². The molecule has 0 atom stereocenters. The highest BCUT2D eigenvalue weighted by atomic mass is 15.0. The van der Waals surface area contributed by atoms with Crippen LogP contribution in [-0.2, 0) is 0 Å². The molecule has 0 amide bonds. The number of benzene rings is 7. The molecule has 48 heavy (non-hydrogen) atoms. The molecule has 2 aromatic heterocycles. The second-order valence-electron chi connectivity index (χ2n) is 12.0. The molecule has 0 aliphatic rings. The average molecular weight is 611 g/mol. The average Bonchev–Trinajstić information content (AvgIpc) is 3.67. The van der Waals surface area contributed by atoms with Crippen LogP contribution in [0, 0.1) is 22.7 Å². The number of rotatable bonds is 4. The van der Waals surface area contributed by atoms with Crippen LogP contribution in [0.2, 0.25) is 0 Å². The van der Waals surface area contributed by atoms with Crippen LogP contribution in [0.15, 0.2) is 158 Å². The van der Waals surface area contributed by atoms with Gasteiger partial charge < -0.3 is 9.13 Å². The molecule has 222 valence electrons. The Morgan fingerprint density at radius 1 is 0.417 bits per heavy atom. The van der Waals surface area contributed by atoms with Crippen LogP contribution in [-0.4, -0.2) is 9.13 Å². The molecule has 9 rings (SSSR count). The van der Waals surface area contributed by atoms with E-state index in [0.717, 1.165) is 66.5 Å². The van der Waals surface area contributed by atoms with Gasteiger partial charge in [-0.15, -0.1) is 0 Å². The van der Waals surface area contributed by atoms with E-state index in [2.05, 4.69) is 130 Å². The van der Waals surface area contributed by atoms with Crippen molar-refractivity contribution in [1.29, 1.82) is 10.5 Å². The molecule has 0 spiro atoms. The molecule has 0 fully saturated rings. The Labute approximate surface area is 277 Å². The number of hydrogen-bond acceptors (Lipinski definition) is 2. The van der Waals surface area contributed by atoms with Gasteiger partial charge in [0.05, 0.1) is 51.0 Å². The standard InChI is InChI=1S/C44H26N4/c45-27-29-24-31(28-46)44(43(25-29)48-41-22-9-5-17-36(41)37-18-6-10-23-42(37)48)38-19-2-1-14-33(38)30-12-11-13-32(26-30)47-39-20-7-3-15-34(39)35-16-4-8-21-40(35)47/h1-26H. The summed E-state index contributed by atoms with van der Waals surface area (Å²) in [6.45, 7) is 0. The lowest BCUT2D eigenvalue weighted by Crippen LogP contribution is -2.02. The maximum absolute atomic E-state index is 10.6. The molecule has 7 aromatic carbocycles. The van der Waals surface area contributed by atoms with Crippen molar-refractivity contribution in [3.8, 4) is 45.8 Å². The second-order valence-corrected chi connectivity index (χ2v) is 12.0. The molecule has 9 aromatic rings. The first-order valence-electron chi connectivity index (χ1n) is 15.9. The lowest BCUT2D eigenvalue weighted by atomic mass is 9.89. The Bertz CT molecular complexity index is 2710. The summed E-state index contributed by atoms with van der Waals surface area (Å²) >= 11 is 0. The second kappa shape index (κ2) is 10.9. The summed E-state index contributed by atoms with van der Waals surface area (Å²) in [6.07, 6.45) is 0. The minimum atomic E-state index is 0.443. The van der Waals surface area contributed by atoms with Crippen molar-refractivity contribution in [2.75, 3.05) is 0 Å². The smallest absolute Gasteiger partial charge is 0.0999 e. The Kier molecular flexibility index (Phi) is 6.22. The van der Waals surface area contributed by atoms with Gasteiger partial charge in [0.2, 0.25) is 0 Å². The molecule has 0 aliphatic carbocycles. The van der Waals surface area contributed by atoms with Gasteiger partial charge in [-0.2, -0.15) is 10.5 Å². The number of nitrogens with zero attached hydrogens (tertiary/aromatic N) is 4. The van der Waals surface area contributed by atoms with E-state index in [4.69, 9.17) is 0 Å². The van der Waals surface area contributed by atoms with Gasteiger partial charge in [0, 0.05) is 32.8 Å². The van der Waals surface area contributed by atoms with Crippen LogP contribution in [0.25, 0.3) is 77.2 Å². The van der Waals surface area contributed by atoms with E-state index in [-0.39, 0.29) is 0 Å². The maximum atomic E-state index is 10.6. The maximum Gasteiger partial charge on any atom is 0.0999 e. The molecule has 2 heterocycles. The summed E-state index contributed by atoms with van der Waals surface area (Å²) < 4.78 is 4.52. The number of fused-ring (bicyclic) bond motifs is 6. The summed E-state index contributed by atoms with van der Waals surface area (Å²) in [7, 11) is 0. The molecule has 0 saturated heterocycles. The van der Waals surface area contributed by atoms with Crippen molar-refractivity contribution < 1.29 is 0 Å². The molecule has 4 nitrogen and oxygen atoms in total. The Hall–Kier alpha value is -6.88. The van der Waals surface area contributed by atoms with Gasteiger partial charge >= 0.3 is 0 Å². The molecule has 0 saturated carbocycles. The lowest BCUT2D eigenvalue weighted by Gasteiger charge is -2.19. The van der Waals surface area contributed by atoms with Gasteiger partial charge in [-0.1, -0.05) is 109 Å². The third-order valence-corrected chi connectivity index (χ3v) is 9.38. The number of aromatic nitrogens is 2. The predicted octanol–water partition coefficient (Wildman–Crippen LogP) is 11.0. The topological polar surface area (TPSA) is 57.4 Å². The lowest BCUT2D eigenvalue weighted by molar-refractivity contribution is 1.17. The van der Waals surface area contributed by atoms with Gasteiger partial charge in [0.1, 0.15) is 0 Å². The fourth-order valence-corrected chi connectivity index (χ4v) is 7.39. The zero-order valence-corrected chi connectivity index (χ0v) is 25.8. The molecule has 0 radical (unpaired) electrons. The SMILES string of the molecule is N#Cc1cc(C#N)c(-c2ccccc2-c2cccc(-n3c4ccccc4c4ccccc43)c2)c(-n2c3ccccc3c3ccccc32)c1. The minimum absolute atomic E-state index is 0.443. The third-order valence-electron chi connectivity index (χ3n) is 9.38. The van der Waals surface area contributed by atoms with Crippen LogP contribution in [0.3, 0.4) is 0 Å². The van der Waals surface area contributed by atoms with Crippen molar-refractivity contribution in [3.63, 3.8) is 0 Å². The fourth-order valence-electron chi connectivity index (χ4n) is 7.39. The first kappa shape index (κ1) is 27.4. The van der Waals surface area contributed by atoms with Crippen LogP contribution in [0.1, 0.15) is 11.1 Å². The first-order chi connectivity index (χ1) is 23.7. The highest BCUT2D eigenvalue weighted by Gasteiger charge is 2.22. The zero-order valence-electron chi connectivity index (χ0n) is 25.8. The molecule has 0 N–H and O–H groups in total. The zero-order chi connectivity index (χ0) is 32.2. The molecule has 0 unspecified atom stereocenters. The van der Waals surface area contributed by atoms with Gasteiger partial charge in [-0.25, -0.2) is 0 Å². The van der Waals surface area contributed by atoms with Crippen molar-refractivity contribution >= 4 is 43.6 Å². The molecular formula is C44H26N4. The Morgan fingerprint density at radius 2 is 0.917 bits per heavy atom. The summed E-state index contributed by atoms with van der Waals surface area (Å²) in [5, 5.41) is 25.4. The molecular weight excluding hydrogens is 585 g/mol. The summed E-state index contributed by atoms with van der Waals surface area (Å²) in [6, 6.07) is 58.9. The van der Waals surface area contributed by atoms with Crippen molar-refractivity contribution in [1.82, 2.24) is 9.13 Å². The van der Waals surface area contributed by atoms with E-state index in [0.29, 0.717) is 11.1 Å². The first-order valence-corrected chi connectivity index (χ1v) is 15.9. The van der Waals surface area contributed by atoms with E-state index < -0.39 is 0 Å².